The van der Waals surface area contributed by atoms with Crippen molar-refractivity contribution >= 4 is 22.3 Å². The van der Waals surface area contributed by atoms with Crippen LogP contribution in [0.15, 0.2) is 91.1 Å². The zero-order valence-corrected chi connectivity index (χ0v) is 12.6. The fourth-order valence-corrected chi connectivity index (χ4v) is 2.74. The number of nitrogens with one attached hydrogen (secondary N) is 1. The molecular weight excluding hydrogens is 280 g/mol. The number of anilines is 2. The zero-order valence-electron chi connectivity index (χ0n) is 12.6. The summed E-state index contributed by atoms with van der Waals surface area (Å²) in [6.07, 6.45) is 1.84. The van der Waals surface area contributed by atoms with E-state index in [2.05, 4.69) is 64.9 Å². The molecule has 0 aliphatic heterocycles. The Hall–Kier alpha value is -3.13. The number of nitrogens with zero attached hydrogens (tertiary/aromatic N) is 1. The number of aromatic nitrogens is 1. The van der Waals surface area contributed by atoms with Crippen molar-refractivity contribution in [2.75, 3.05) is 5.32 Å². The molecule has 0 radical (unpaired) electrons. The van der Waals surface area contributed by atoms with Crippen molar-refractivity contribution in [1.29, 1.82) is 0 Å². The van der Waals surface area contributed by atoms with Gasteiger partial charge in [0.1, 0.15) is 0 Å². The fourth-order valence-electron chi connectivity index (χ4n) is 2.74. The van der Waals surface area contributed by atoms with Crippen LogP contribution in [0.3, 0.4) is 0 Å². The van der Waals surface area contributed by atoms with Gasteiger partial charge in [0.2, 0.25) is 0 Å². The fraction of sp³-hybridized carbons (Fsp3) is 0. The van der Waals surface area contributed by atoms with E-state index in [9.17, 15) is 0 Å². The second-order valence-corrected chi connectivity index (χ2v) is 5.44. The Morgan fingerprint density at radius 1 is 0.609 bits per heavy atom. The van der Waals surface area contributed by atoms with E-state index in [0.29, 0.717) is 0 Å². The van der Waals surface area contributed by atoms with Crippen LogP contribution < -0.4 is 5.32 Å². The Bertz CT molecular complexity index is 923. The summed E-state index contributed by atoms with van der Waals surface area (Å²) in [5, 5.41) is 4.61. The molecule has 0 aliphatic carbocycles. The maximum atomic E-state index is 4.40. The van der Waals surface area contributed by atoms with Gasteiger partial charge in [-0.15, -0.1) is 0 Å². The molecule has 0 amide bonds. The standard InChI is InChI=1S/C21H16N2/c1-2-6-16(7-3-1)17-10-12-18(13-11-17)23-21-14-15-22-20-9-5-4-8-19(20)21/h1-15H,(H,22,23). The Morgan fingerprint density at radius 3 is 2.13 bits per heavy atom. The summed E-state index contributed by atoms with van der Waals surface area (Å²) in [5.41, 5.74) is 5.59. The van der Waals surface area contributed by atoms with E-state index < -0.39 is 0 Å². The molecule has 110 valence electrons. The van der Waals surface area contributed by atoms with Gasteiger partial charge in [0.05, 0.1) is 5.52 Å². The predicted octanol–water partition coefficient (Wildman–Crippen LogP) is 5.65. The maximum absolute atomic E-state index is 4.40. The van der Waals surface area contributed by atoms with E-state index in [4.69, 9.17) is 0 Å². The highest BCUT2D eigenvalue weighted by atomic mass is 14.9. The molecule has 23 heavy (non-hydrogen) atoms. The molecule has 1 heterocycles. The summed E-state index contributed by atoms with van der Waals surface area (Å²) in [4.78, 5) is 4.40. The van der Waals surface area contributed by atoms with Gasteiger partial charge in [-0.05, 0) is 35.4 Å². The molecule has 0 saturated heterocycles. The average Bonchev–Trinajstić information content (AvgIpc) is 2.63. The predicted molar refractivity (Wildman–Crippen MR) is 96.9 cm³/mol. The number of fused-ring (bicyclic) bond motifs is 1. The lowest BCUT2D eigenvalue weighted by atomic mass is 10.1. The Morgan fingerprint density at radius 2 is 1.30 bits per heavy atom. The Kier molecular flexibility index (Phi) is 3.49. The third-order valence-corrected chi connectivity index (χ3v) is 3.92. The number of hydrogen-bond acceptors (Lipinski definition) is 2. The maximum Gasteiger partial charge on any atom is 0.0722 e. The quantitative estimate of drug-likeness (QED) is 0.528. The summed E-state index contributed by atoms with van der Waals surface area (Å²) in [6, 6.07) is 29.1. The number of pyridine rings is 1. The van der Waals surface area contributed by atoms with E-state index in [0.717, 1.165) is 22.3 Å². The molecule has 0 bridgehead atoms. The molecule has 4 rings (SSSR count). The van der Waals surface area contributed by atoms with Crippen molar-refractivity contribution in [2.45, 2.75) is 0 Å². The van der Waals surface area contributed by atoms with Crippen LogP contribution in [0.1, 0.15) is 0 Å². The molecular formula is C21H16N2. The van der Waals surface area contributed by atoms with Gasteiger partial charge in [-0.25, -0.2) is 0 Å². The minimum atomic E-state index is 0.999. The molecule has 2 nitrogen and oxygen atoms in total. The van der Waals surface area contributed by atoms with Gasteiger partial charge >= 0.3 is 0 Å². The number of hydrogen-bond donors (Lipinski definition) is 1. The molecule has 0 atom stereocenters. The highest BCUT2D eigenvalue weighted by molar-refractivity contribution is 5.92. The van der Waals surface area contributed by atoms with Crippen LogP contribution in [0.25, 0.3) is 22.0 Å². The van der Waals surface area contributed by atoms with Gasteiger partial charge in [-0.1, -0.05) is 60.7 Å². The van der Waals surface area contributed by atoms with E-state index in [1.165, 1.54) is 11.1 Å². The third kappa shape index (κ3) is 2.79. The van der Waals surface area contributed by atoms with Gasteiger partial charge in [0.25, 0.3) is 0 Å². The summed E-state index contributed by atoms with van der Waals surface area (Å²) in [5.74, 6) is 0. The van der Waals surface area contributed by atoms with Crippen LogP contribution in [0.5, 0.6) is 0 Å². The summed E-state index contributed by atoms with van der Waals surface area (Å²) >= 11 is 0. The number of para-hydroxylation sites is 1. The van der Waals surface area contributed by atoms with Crippen molar-refractivity contribution in [3.63, 3.8) is 0 Å². The molecule has 3 aromatic carbocycles. The molecule has 0 saturated carbocycles. The third-order valence-electron chi connectivity index (χ3n) is 3.92. The minimum absolute atomic E-state index is 0.999. The smallest absolute Gasteiger partial charge is 0.0722 e. The molecule has 1 aromatic heterocycles. The first-order valence-electron chi connectivity index (χ1n) is 7.66. The Balaban J connectivity index is 1.64. The van der Waals surface area contributed by atoms with Crippen molar-refractivity contribution in [2.24, 2.45) is 0 Å². The molecule has 0 unspecified atom stereocenters. The Labute approximate surface area is 135 Å². The lowest BCUT2D eigenvalue weighted by Gasteiger charge is -2.10. The van der Waals surface area contributed by atoms with Crippen LogP contribution in [0, 0.1) is 0 Å². The first-order valence-corrected chi connectivity index (χ1v) is 7.66. The van der Waals surface area contributed by atoms with Gasteiger partial charge in [0.15, 0.2) is 0 Å². The molecule has 0 spiro atoms. The number of rotatable bonds is 3. The van der Waals surface area contributed by atoms with Gasteiger partial charge < -0.3 is 5.32 Å². The minimum Gasteiger partial charge on any atom is -0.355 e. The van der Waals surface area contributed by atoms with Crippen LogP contribution in [-0.2, 0) is 0 Å². The van der Waals surface area contributed by atoms with Crippen molar-refractivity contribution < 1.29 is 0 Å². The van der Waals surface area contributed by atoms with E-state index in [1.54, 1.807) is 0 Å². The molecule has 2 heteroatoms. The normalized spacial score (nSPS) is 10.6. The summed E-state index contributed by atoms with van der Waals surface area (Å²) in [6.45, 7) is 0. The lowest BCUT2D eigenvalue weighted by Crippen LogP contribution is -1.92. The number of benzene rings is 3. The van der Waals surface area contributed by atoms with Crippen molar-refractivity contribution in [3.8, 4) is 11.1 Å². The second-order valence-electron chi connectivity index (χ2n) is 5.44. The molecule has 1 N–H and O–H groups in total. The van der Waals surface area contributed by atoms with Crippen LogP contribution in [0.4, 0.5) is 11.4 Å². The summed E-state index contributed by atoms with van der Waals surface area (Å²) in [7, 11) is 0. The zero-order chi connectivity index (χ0) is 15.5. The average molecular weight is 296 g/mol. The molecule has 0 fully saturated rings. The first-order chi connectivity index (χ1) is 11.4. The largest absolute Gasteiger partial charge is 0.355 e. The highest BCUT2D eigenvalue weighted by Gasteiger charge is 2.02. The first kappa shape index (κ1) is 13.5. The van der Waals surface area contributed by atoms with E-state index in [-0.39, 0.29) is 0 Å². The van der Waals surface area contributed by atoms with Crippen molar-refractivity contribution in [1.82, 2.24) is 4.98 Å². The van der Waals surface area contributed by atoms with E-state index >= 15 is 0 Å². The monoisotopic (exact) mass is 296 g/mol. The topological polar surface area (TPSA) is 24.9 Å². The van der Waals surface area contributed by atoms with Gasteiger partial charge in [0, 0.05) is 23.0 Å². The van der Waals surface area contributed by atoms with E-state index in [1.807, 2.05) is 36.5 Å². The van der Waals surface area contributed by atoms with Crippen LogP contribution >= 0.6 is 0 Å². The molecule has 4 aromatic rings. The van der Waals surface area contributed by atoms with Crippen molar-refractivity contribution in [3.05, 3.63) is 91.1 Å². The van der Waals surface area contributed by atoms with Crippen LogP contribution in [0.2, 0.25) is 0 Å². The van der Waals surface area contributed by atoms with Gasteiger partial charge in [-0.2, -0.15) is 0 Å². The van der Waals surface area contributed by atoms with Crippen LogP contribution in [-0.4, -0.2) is 4.98 Å². The SMILES string of the molecule is c1ccc(-c2ccc(Nc3ccnc4ccccc34)cc2)cc1. The highest BCUT2D eigenvalue weighted by Crippen LogP contribution is 2.26. The molecule has 0 aliphatic rings. The summed E-state index contributed by atoms with van der Waals surface area (Å²) < 4.78 is 0. The second kappa shape index (κ2) is 5.93. The van der Waals surface area contributed by atoms with Gasteiger partial charge in [-0.3, -0.25) is 4.98 Å². The lowest BCUT2D eigenvalue weighted by molar-refractivity contribution is 1.40.